The van der Waals surface area contributed by atoms with E-state index in [0.29, 0.717) is 12.1 Å². The monoisotopic (exact) mass is 917 g/mol. The molecule has 4 aromatic rings. The molecule has 0 radical (unpaired) electrons. The topological polar surface area (TPSA) is 283 Å². The first kappa shape index (κ1) is 46.2. The summed E-state index contributed by atoms with van der Waals surface area (Å²) in [6.45, 7) is 1.35. The van der Waals surface area contributed by atoms with Gasteiger partial charge in [0.15, 0.2) is 19.9 Å². The van der Waals surface area contributed by atoms with Crippen molar-refractivity contribution < 1.29 is 75.4 Å². The van der Waals surface area contributed by atoms with Crippen LogP contribution in [0, 0.1) is 0 Å². The maximum atomic E-state index is 13.0. The molecule has 1 atom stereocenters. The summed E-state index contributed by atoms with van der Waals surface area (Å²) in [6.07, 6.45) is -10.1. The Morgan fingerprint density at radius 2 is 1.40 bits per heavy atom. The summed E-state index contributed by atoms with van der Waals surface area (Å²) in [5, 5.41) is 2.55. The number of aliphatic imine (C=N–C) groups is 2. The average Bonchev–Trinajstić information content (AvgIpc) is 3.59. The molecule has 31 heteroatoms. The highest BCUT2D eigenvalue weighted by atomic mass is 32.2. The molecule has 1 aliphatic rings. The standard InChI is InChI=1S/C16H18N6O7S2.C13H11F6N5O4S/c1-4-30(24,25)13-14(22-8-6-5-7-10(22)17-13)31(26,27)21-16(23)20-15-18-11(28-2)9-12(19-15)29-3;1-28-11-22-9(20-6-24(11)13(17,18)19)21-10(25)23-29(26,27)8-5-3-2-4-7(8)12(14,15)16/h5-9H,4H2,1-3H3,(H2,18,19,20,21,23);2-6,9H,1H3,(H2,21,23,25). The van der Waals surface area contributed by atoms with Crippen LogP contribution in [0.25, 0.3) is 5.65 Å². The molecule has 0 bridgehead atoms. The van der Waals surface area contributed by atoms with Crippen LogP contribution < -0.4 is 29.6 Å². The van der Waals surface area contributed by atoms with Crippen molar-refractivity contribution in [3.8, 4) is 11.8 Å². The van der Waals surface area contributed by atoms with E-state index in [1.165, 1.54) is 50.3 Å². The molecule has 4 amide bonds. The number of carbonyl (C=O) groups is 2. The second kappa shape index (κ2) is 17.8. The normalized spacial score (nSPS) is 14.6. The number of carbonyl (C=O) groups excluding carboxylic acids is 2. The molecule has 60 heavy (non-hydrogen) atoms. The number of alkyl halides is 6. The minimum absolute atomic E-state index is 0.0584. The molecule has 0 spiro atoms. The van der Waals surface area contributed by atoms with Gasteiger partial charge in [-0.15, -0.1) is 13.2 Å². The maximum Gasteiger partial charge on any atom is 0.493 e. The number of imidazole rings is 1. The molecule has 1 unspecified atom stereocenters. The second-order valence-electron chi connectivity index (χ2n) is 11.1. The number of fused-ring (bicyclic) bond motifs is 1. The van der Waals surface area contributed by atoms with Crippen LogP contribution in [-0.4, -0.2) is 114 Å². The largest absolute Gasteiger partial charge is 0.493 e. The lowest BCUT2D eigenvalue weighted by atomic mass is 10.2. The quantitative estimate of drug-likeness (QED) is 0.131. The minimum atomic E-state index is -5.02. The summed E-state index contributed by atoms with van der Waals surface area (Å²) in [7, 11) is -10.2. The van der Waals surface area contributed by atoms with Gasteiger partial charge in [0.05, 0.1) is 43.6 Å². The fourth-order valence-electron chi connectivity index (χ4n) is 4.53. The lowest BCUT2D eigenvalue weighted by Crippen LogP contribution is -2.49. The van der Waals surface area contributed by atoms with Crippen molar-refractivity contribution in [2.45, 2.75) is 40.6 Å². The third kappa shape index (κ3) is 11.0. The van der Waals surface area contributed by atoms with Gasteiger partial charge in [0.25, 0.3) is 20.0 Å². The molecule has 3 aromatic heterocycles. The van der Waals surface area contributed by atoms with Gasteiger partial charge >= 0.3 is 30.6 Å². The number of aromatic nitrogens is 4. The van der Waals surface area contributed by atoms with E-state index >= 15 is 0 Å². The number of urea groups is 2. The number of amidine groups is 1. The first-order valence-electron chi connectivity index (χ1n) is 15.9. The molecule has 0 saturated heterocycles. The zero-order valence-corrected chi connectivity index (χ0v) is 33.1. The van der Waals surface area contributed by atoms with Crippen molar-refractivity contribution >= 4 is 65.9 Å². The number of nitrogens with one attached hydrogen (secondary N) is 4. The van der Waals surface area contributed by atoms with E-state index in [9.17, 15) is 61.2 Å². The zero-order chi connectivity index (χ0) is 44.8. The van der Waals surface area contributed by atoms with E-state index in [1.807, 2.05) is 0 Å². The third-order valence-electron chi connectivity index (χ3n) is 7.12. The summed E-state index contributed by atoms with van der Waals surface area (Å²) in [5.74, 6) is -0.571. The van der Waals surface area contributed by atoms with Crippen LogP contribution in [-0.2, 0) is 40.8 Å². The Balaban J connectivity index is 0.000000265. The van der Waals surface area contributed by atoms with Crippen LogP contribution in [0.1, 0.15) is 12.5 Å². The van der Waals surface area contributed by atoms with Crippen LogP contribution in [0.5, 0.6) is 11.8 Å². The Kier molecular flexibility index (Phi) is 13.7. The number of pyridine rings is 1. The minimum Gasteiger partial charge on any atom is -0.481 e. The maximum absolute atomic E-state index is 13.0. The first-order valence-corrected chi connectivity index (χ1v) is 20.5. The van der Waals surface area contributed by atoms with Gasteiger partial charge in [-0.25, -0.2) is 45.8 Å². The smallest absolute Gasteiger partial charge is 0.481 e. The Morgan fingerprint density at radius 1 is 0.800 bits per heavy atom. The molecule has 4 N–H and O–H groups in total. The van der Waals surface area contributed by atoms with Crippen LogP contribution in [0.3, 0.4) is 0 Å². The van der Waals surface area contributed by atoms with Gasteiger partial charge in [-0.1, -0.05) is 25.1 Å². The lowest BCUT2D eigenvalue weighted by Gasteiger charge is -2.26. The molecular weight excluding hydrogens is 889 g/mol. The summed E-state index contributed by atoms with van der Waals surface area (Å²) in [6, 6.07) is 5.09. The predicted octanol–water partition coefficient (Wildman–Crippen LogP) is 2.29. The molecule has 0 aliphatic carbocycles. The van der Waals surface area contributed by atoms with Gasteiger partial charge in [0.1, 0.15) is 12.0 Å². The van der Waals surface area contributed by atoms with Gasteiger partial charge in [0.2, 0.25) is 24.0 Å². The number of nitrogens with zero attached hydrogens (tertiary/aromatic N) is 7. The summed E-state index contributed by atoms with van der Waals surface area (Å²) in [4.78, 5) is 40.7. The Labute approximate surface area is 334 Å². The van der Waals surface area contributed by atoms with E-state index in [-0.39, 0.29) is 35.4 Å². The molecule has 4 heterocycles. The van der Waals surface area contributed by atoms with Crippen molar-refractivity contribution in [3.05, 3.63) is 60.3 Å². The van der Waals surface area contributed by atoms with Crippen molar-refractivity contribution in [2.24, 2.45) is 9.98 Å². The number of methoxy groups -OCH3 is 3. The van der Waals surface area contributed by atoms with E-state index in [1.54, 1.807) is 16.1 Å². The zero-order valence-electron chi connectivity index (χ0n) is 30.7. The van der Waals surface area contributed by atoms with Crippen LogP contribution >= 0.6 is 0 Å². The highest BCUT2D eigenvalue weighted by Crippen LogP contribution is 2.34. The number of hydrogen-bond donors (Lipinski definition) is 4. The molecule has 22 nitrogen and oxygen atoms in total. The van der Waals surface area contributed by atoms with Crippen LogP contribution in [0.15, 0.2) is 79.7 Å². The highest BCUT2D eigenvalue weighted by molar-refractivity contribution is 7.93. The van der Waals surface area contributed by atoms with Crippen molar-refractivity contribution in [1.82, 2.24) is 39.0 Å². The van der Waals surface area contributed by atoms with Gasteiger partial charge < -0.3 is 14.2 Å². The fourth-order valence-corrected chi connectivity index (χ4v) is 8.34. The summed E-state index contributed by atoms with van der Waals surface area (Å²) >= 11 is 0. The number of hydrogen-bond acceptors (Lipinski definition) is 17. The predicted molar refractivity (Wildman–Crippen MR) is 192 cm³/mol. The number of anilines is 1. The molecule has 326 valence electrons. The Bertz CT molecular complexity index is 2640. The number of rotatable bonds is 10. The lowest BCUT2D eigenvalue weighted by molar-refractivity contribution is -0.197. The van der Waals surface area contributed by atoms with E-state index in [0.717, 1.165) is 23.6 Å². The molecule has 5 rings (SSSR count). The van der Waals surface area contributed by atoms with E-state index < -0.39 is 92.1 Å². The first-order chi connectivity index (χ1) is 27.9. The summed E-state index contributed by atoms with van der Waals surface area (Å²) in [5.41, 5.74) is -1.44. The number of halogens is 6. The highest BCUT2D eigenvalue weighted by Gasteiger charge is 2.42. The number of sulfone groups is 1. The molecule has 1 aromatic carbocycles. The fraction of sp³-hybridized carbons (Fsp3) is 0.276. The SMILES string of the molecule is CCS(=O)(=O)c1nc2ccccn2c1S(=O)(=O)NC(=O)Nc1nc(OC)cc(OC)n1.COC1=NC(NC(=O)NS(=O)(=O)c2ccccc2C(F)(F)F)N=CN1C(F)(F)F. The van der Waals surface area contributed by atoms with Crippen LogP contribution in [0.4, 0.5) is 41.9 Å². The van der Waals surface area contributed by atoms with Crippen molar-refractivity contribution in [2.75, 3.05) is 32.4 Å². The van der Waals surface area contributed by atoms with E-state index in [4.69, 9.17) is 9.47 Å². The second-order valence-corrected chi connectivity index (χ2v) is 16.5. The summed E-state index contributed by atoms with van der Waals surface area (Å²) < 4.78 is 171. The molecule has 1 aliphatic heterocycles. The van der Waals surface area contributed by atoms with Crippen molar-refractivity contribution in [3.63, 3.8) is 0 Å². The van der Waals surface area contributed by atoms with Gasteiger partial charge in [-0.3, -0.25) is 15.0 Å². The van der Waals surface area contributed by atoms with E-state index in [2.05, 4.69) is 35.0 Å². The number of benzene rings is 1. The molecule has 0 saturated carbocycles. The van der Waals surface area contributed by atoms with Crippen LogP contribution in [0.2, 0.25) is 0 Å². The van der Waals surface area contributed by atoms with Gasteiger partial charge in [-0.05, 0) is 24.3 Å². The van der Waals surface area contributed by atoms with Gasteiger partial charge in [-0.2, -0.15) is 41.4 Å². The number of sulfonamides is 2. The number of amides is 4. The molecular formula is C29H29F6N11O11S3. The Hall–Kier alpha value is -6.50. The Morgan fingerprint density at radius 3 is 1.97 bits per heavy atom. The third-order valence-corrected chi connectivity index (χ3v) is 11.6. The van der Waals surface area contributed by atoms with Gasteiger partial charge in [0, 0.05) is 6.20 Å². The van der Waals surface area contributed by atoms with Crippen molar-refractivity contribution in [1.29, 1.82) is 0 Å². The molecule has 0 fully saturated rings. The number of ether oxygens (including phenoxy) is 3. The average molecular weight is 918 g/mol.